The number of guanidine groups is 1. The number of aliphatic imine (C=N–C) groups is 1. The van der Waals surface area contributed by atoms with Gasteiger partial charge in [-0.25, -0.2) is 4.98 Å². The van der Waals surface area contributed by atoms with Crippen molar-refractivity contribution in [2.24, 2.45) is 4.99 Å². The summed E-state index contributed by atoms with van der Waals surface area (Å²) in [6, 6.07) is 0. The summed E-state index contributed by atoms with van der Waals surface area (Å²) in [4.78, 5) is 8.28. The van der Waals surface area contributed by atoms with E-state index in [9.17, 15) is 0 Å². The topological polar surface area (TPSA) is 54.2 Å². The maximum atomic E-state index is 4.26. The van der Waals surface area contributed by atoms with Gasteiger partial charge in [-0.15, -0.1) is 0 Å². The SMILES string of the molecule is CN=C(NCCn1ccnc1)NCC1(C)CCCS1. The maximum absolute atomic E-state index is 4.26. The molecule has 106 valence electrons. The molecule has 0 saturated carbocycles. The van der Waals surface area contributed by atoms with Gasteiger partial charge in [-0.2, -0.15) is 11.8 Å². The average Bonchev–Trinajstić information content (AvgIpc) is 3.06. The fraction of sp³-hybridized carbons (Fsp3) is 0.692. The van der Waals surface area contributed by atoms with E-state index in [0.29, 0.717) is 4.75 Å². The zero-order valence-corrected chi connectivity index (χ0v) is 12.5. The van der Waals surface area contributed by atoms with Crippen LogP contribution in [-0.4, -0.2) is 46.1 Å². The lowest BCUT2D eigenvalue weighted by molar-refractivity contribution is 0.581. The van der Waals surface area contributed by atoms with Gasteiger partial charge in [0.05, 0.1) is 6.33 Å². The molecule has 5 nitrogen and oxygen atoms in total. The molecule has 2 heterocycles. The third-order valence-electron chi connectivity index (χ3n) is 3.38. The minimum atomic E-state index is 0.363. The van der Waals surface area contributed by atoms with Crippen LogP contribution in [0.5, 0.6) is 0 Å². The van der Waals surface area contributed by atoms with Crippen LogP contribution in [0.25, 0.3) is 0 Å². The average molecular weight is 281 g/mol. The van der Waals surface area contributed by atoms with E-state index in [0.717, 1.165) is 25.6 Å². The molecule has 19 heavy (non-hydrogen) atoms. The highest BCUT2D eigenvalue weighted by Gasteiger charge is 2.29. The second-order valence-corrected chi connectivity index (χ2v) is 6.74. The summed E-state index contributed by atoms with van der Waals surface area (Å²) in [7, 11) is 1.82. The summed E-state index contributed by atoms with van der Waals surface area (Å²) < 4.78 is 2.41. The molecule has 0 spiro atoms. The molecular weight excluding hydrogens is 258 g/mol. The van der Waals surface area contributed by atoms with Gasteiger partial charge in [0.1, 0.15) is 0 Å². The second-order valence-electron chi connectivity index (χ2n) is 5.05. The summed E-state index contributed by atoms with van der Waals surface area (Å²) in [5.74, 6) is 2.17. The highest BCUT2D eigenvalue weighted by molar-refractivity contribution is 8.00. The normalized spacial score (nSPS) is 23.6. The van der Waals surface area contributed by atoms with Crippen molar-refractivity contribution in [3.05, 3.63) is 18.7 Å². The number of aromatic nitrogens is 2. The number of nitrogens with zero attached hydrogens (tertiary/aromatic N) is 3. The molecule has 0 bridgehead atoms. The summed E-state index contributed by atoms with van der Waals surface area (Å²) in [6.07, 6.45) is 8.21. The van der Waals surface area contributed by atoms with Crippen LogP contribution in [0.3, 0.4) is 0 Å². The van der Waals surface area contributed by atoms with Gasteiger partial charge in [0.15, 0.2) is 5.96 Å². The van der Waals surface area contributed by atoms with E-state index in [1.807, 2.05) is 19.6 Å². The third kappa shape index (κ3) is 4.45. The van der Waals surface area contributed by atoms with E-state index < -0.39 is 0 Å². The third-order valence-corrected chi connectivity index (χ3v) is 4.91. The number of imidazole rings is 1. The van der Waals surface area contributed by atoms with Gasteiger partial charge in [0, 0.05) is 43.8 Å². The van der Waals surface area contributed by atoms with Crippen LogP contribution in [0.4, 0.5) is 0 Å². The first-order valence-corrected chi connectivity index (χ1v) is 7.75. The number of hydrogen-bond donors (Lipinski definition) is 2. The smallest absolute Gasteiger partial charge is 0.191 e. The van der Waals surface area contributed by atoms with Crippen molar-refractivity contribution >= 4 is 17.7 Å². The van der Waals surface area contributed by atoms with Crippen molar-refractivity contribution < 1.29 is 0 Å². The van der Waals surface area contributed by atoms with Crippen LogP contribution in [0.2, 0.25) is 0 Å². The Kier molecular flexibility index (Phi) is 5.13. The standard InChI is InChI=1S/C13H23N5S/c1-13(4-3-9-19-13)10-17-12(14-2)16-6-8-18-7-5-15-11-18/h5,7,11H,3-4,6,8-10H2,1-2H3,(H2,14,16,17). The molecule has 0 aliphatic carbocycles. The van der Waals surface area contributed by atoms with Crippen molar-refractivity contribution in [1.29, 1.82) is 0 Å². The van der Waals surface area contributed by atoms with E-state index in [1.165, 1.54) is 18.6 Å². The molecule has 1 unspecified atom stereocenters. The molecule has 1 saturated heterocycles. The Morgan fingerprint density at radius 3 is 3.05 bits per heavy atom. The molecule has 0 radical (unpaired) electrons. The second kappa shape index (κ2) is 6.84. The van der Waals surface area contributed by atoms with E-state index in [-0.39, 0.29) is 0 Å². The van der Waals surface area contributed by atoms with Crippen LogP contribution >= 0.6 is 11.8 Å². The summed E-state index contributed by atoms with van der Waals surface area (Å²) in [6.45, 7) is 5.05. The van der Waals surface area contributed by atoms with Gasteiger partial charge in [-0.05, 0) is 25.5 Å². The van der Waals surface area contributed by atoms with Gasteiger partial charge < -0.3 is 15.2 Å². The molecule has 1 aromatic heterocycles. The number of rotatable bonds is 5. The fourth-order valence-corrected chi connectivity index (χ4v) is 3.43. The molecule has 0 amide bonds. The van der Waals surface area contributed by atoms with Crippen LogP contribution in [0, 0.1) is 0 Å². The van der Waals surface area contributed by atoms with Gasteiger partial charge in [-0.1, -0.05) is 0 Å². The predicted octanol–water partition coefficient (Wildman–Crippen LogP) is 1.33. The van der Waals surface area contributed by atoms with Crippen LogP contribution in [-0.2, 0) is 6.54 Å². The van der Waals surface area contributed by atoms with Crippen LogP contribution < -0.4 is 10.6 Å². The van der Waals surface area contributed by atoms with E-state index >= 15 is 0 Å². The maximum Gasteiger partial charge on any atom is 0.191 e. The van der Waals surface area contributed by atoms with Crippen molar-refractivity contribution in [3.8, 4) is 0 Å². The van der Waals surface area contributed by atoms with Crippen molar-refractivity contribution in [2.45, 2.75) is 31.1 Å². The Balaban J connectivity index is 1.68. The first kappa shape index (κ1) is 14.2. The molecule has 0 aromatic carbocycles. The highest BCUT2D eigenvalue weighted by Crippen LogP contribution is 2.36. The quantitative estimate of drug-likeness (QED) is 0.631. The lowest BCUT2D eigenvalue weighted by Crippen LogP contribution is -2.44. The first-order valence-electron chi connectivity index (χ1n) is 6.76. The van der Waals surface area contributed by atoms with E-state index in [1.54, 1.807) is 6.20 Å². The monoisotopic (exact) mass is 281 g/mol. The molecule has 1 aliphatic heterocycles. The van der Waals surface area contributed by atoms with Gasteiger partial charge in [-0.3, -0.25) is 4.99 Å². The summed E-state index contributed by atoms with van der Waals surface area (Å²) >= 11 is 2.06. The van der Waals surface area contributed by atoms with Gasteiger partial charge >= 0.3 is 0 Å². The molecule has 1 atom stereocenters. The molecule has 6 heteroatoms. The zero-order valence-electron chi connectivity index (χ0n) is 11.7. The van der Waals surface area contributed by atoms with Crippen molar-refractivity contribution in [1.82, 2.24) is 20.2 Å². The Labute approximate surface area is 119 Å². The van der Waals surface area contributed by atoms with Crippen LogP contribution in [0.15, 0.2) is 23.7 Å². The molecule has 2 N–H and O–H groups in total. The van der Waals surface area contributed by atoms with E-state index in [4.69, 9.17) is 0 Å². The van der Waals surface area contributed by atoms with E-state index in [2.05, 4.69) is 43.9 Å². The number of thioether (sulfide) groups is 1. The summed E-state index contributed by atoms with van der Waals surface area (Å²) in [5, 5.41) is 6.76. The Morgan fingerprint density at radius 2 is 2.42 bits per heavy atom. The predicted molar refractivity (Wildman–Crippen MR) is 81.7 cm³/mol. The Bertz CT molecular complexity index is 395. The first-order chi connectivity index (χ1) is 9.22. The molecule has 1 fully saturated rings. The van der Waals surface area contributed by atoms with Crippen molar-refractivity contribution in [2.75, 3.05) is 25.9 Å². The lowest BCUT2D eigenvalue weighted by Gasteiger charge is -2.24. The highest BCUT2D eigenvalue weighted by atomic mass is 32.2. The molecule has 1 aromatic rings. The van der Waals surface area contributed by atoms with Crippen molar-refractivity contribution in [3.63, 3.8) is 0 Å². The minimum Gasteiger partial charge on any atom is -0.355 e. The minimum absolute atomic E-state index is 0.363. The van der Waals surface area contributed by atoms with Crippen LogP contribution in [0.1, 0.15) is 19.8 Å². The Hall–Kier alpha value is -1.17. The number of nitrogens with one attached hydrogen (secondary N) is 2. The zero-order chi connectivity index (χ0) is 13.6. The number of hydrogen-bond acceptors (Lipinski definition) is 3. The van der Waals surface area contributed by atoms with Gasteiger partial charge in [0.25, 0.3) is 0 Å². The largest absolute Gasteiger partial charge is 0.355 e. The lowest BCUT2D eigenvalue weighted by atomic mass is 10.1. The molecule has 1 aliphatic rings. The molecule has 2 rings (SSSR count). The fourth-order valence-electron chi connectivity index (χ4n) is 2.19. The summed E-state index contributed by atoms with van der Waals surface area (Å²) in [5.41, 5.74) is 0. The molecular formula is C13H23N5S. The van der Waals surface area contributed by atoms with Gasteiger partial charge in [0.2, 0.25) is 0 Å². The Morgan fingerprint density at radius 1 is 1.53 bits per heavy atom.